The maximum atomic E-state index is 12.5. The largest absolute Gasteiger partial charge is 0.467 e. The number of fused-ring (bicyclic) bond motifs is 2. The smallest absolute Gasteiger partial charge is 0.227 e. The SMILES string of the molecule is CN(Cc1ccco1)C(=O)Cc1coc2cc3c(cc12)CCC3. The number of carbonyl (C=O) groups excluding carboxylic acids is 1. The van der Waals surface area contributed by atoms with Crippen molar-refractivity contribution < 1.29 is 13.6 Å². The number of amides is 1. The first-order valence-corrected chi connectivity index (χ1v) is 7.99. The molecule has 0 aliphatic heterocycles. The normalized spacial score (nSPS) is 13.4. The van der Waals surface area contributed by atoms with Gasteiger partial charge in [-0.25, -0.2) is 0 Å². The highest BCUT2D eigenvalue weighted by molar-refractivity contribution is 5.88. The van der Waals surface area contributed by atoms with Gasteiger partial charge in [0.25, 0.3) is 0 Å². The lowest BCUT2D eigenvalue weighted by Gasteiger charge is -2.15. The van der Waals surface area contributed by atoms with E-state index < -0.39 is 0 Å². The molecule has 23 heavy (non-hydrogen) atoms. The lowest BCUT2D eigenvalue weighted by atomic mass is 10.0. The van der Waals surface area contributed by atoms with E-state index in [0.717, 1.165) is 35.1 Å². The van der Waals surface area contributed by atoms with Gasteiger partial charge < -0.3 is 13.7 Å². The first-order valence-electron chi connectivity index (χ1n) is 7.99. The lowest BCUT2D eigenvalue weighted by Crippen LogP contribution is -2.27. The number of benzene rings is 1. The van der Waals surface area contributed by atoms with Crippen molar-refractivity contribution >= 4 is 16.9 Å². The molecule has 1 aliphatic rings. The van der Waals surface area contributed by atoms with Gasteiger partial charge in [-0.2, -0.15) is 0 Å². The van der Waals surface area contributed by atoms with E-state index >= 15 is 0 Å². The van der Waals surface area contributed by atoms with Crippen molar-refractivity contribution in [1.82, 2.24) is 4.90 Å². The van der Waals surface area contributed by atoms with Gasteiger partial charge in [-0.1, -0.05) is 0 Å². The Morgan fingerprint density at radius 2 is 2.04 bits per heavy atom. The number of nitrogens with zero attached hydrogens (tertiary/aromatic N) is 1. The van der Waals surface area contributed by atoms with Gasteiger partial charge in [0.05, 0.1) is 25.5 Å². The quantitative estimate of drug-likeness (QED) is 0.738. The molecule has 0 saturated carbocycles. The molecule has 0 bridgehead atoms. The fourth-order valence-electron chi connectivity index (χ4n) is 3.31. The molecule has 0 atom stereocenters. The Labute approximate surface area is 134 Å². The molecule has 0 N–H and O–H groups in total. The van der Waals surface area contributed by atoms with Crippen molar-refractivity contribution in [2.45, 2.75) is 32.2 Å². The first kappa shape index (κ1) is 14.1. The molecule has 0 saturated heterocycles. The van der Waals surface area contributed by atoms with E-state index in [9.17, 15) is 4.79 Å². The Morgan fingerprint density at radius 3 is 2.83 bits per heavy atom. The van der Waals surface area contributed by atoms with Crippen LogP contribution in [0.25, 0.3) is 11.0 Å². The Bertz CT molecular complexity index is 845. The number of aryl methyl sites for hydroxylation is 2. The van der Waals surface area contributed by atoms with Crippen molar-refractivity contribution in [3.8, 4) is 0 Å². The van der Waals surface area contributed by atoms with E-state index in [-0.39, 0.29) is 5.91 Å². The molecule has 118 valence electrons. The zero-order valence-corrected chi connectivity index (χ0v) is 13.2. The molecule has 2 heterocycles. The summed E-state index contributed by atoms with van der Waals surface area (Å²) in [5.74, 6) is 0.848. The van der Waals surface area contributed by atoms with E-state index in [1.54, 1.807) is 24.5 Å². The minimum atomic E-state index is 0.0598. The molecular formula is C19H19NO3. The molecule has 4 heteroatoms. The van der Waals surface area contributed by atoms with Gasteiger partial charge >= 0.3 is 0 Å². The Hall–Kier alpha value is -2.49. The van der Waals surface area contributed by atoms with Crippen LogP contribution in [-0.2, 0) is 30.6 Å². The number of likely N-dealkylation sites (N-methyl/N-ethyl adjacent to an activating group) is 1. The van der Waals surface area contributed by atoms with Gasteiger partial charge in [0, 0.05) is 18.0 Å². The van der Waals surface area contributed by atoms with Crippen LogP contribution in [0.15, 0.2) is 45.6 Å². The van der Waals surface area contributed by atoms with Crippen molar-refractivity contribution in [1.29, 1.82) is 0 Å². The van der Waals surface area contributed by atoms with Gasteiger partial charge in [0.1, 0.15) is 11.3 Å². The molecule has 0 unspecified atom stereocenters. The average Bonchev–Trinajstić information content (AvgIpc) is 3.26. The first-order chi connectivity index (χ1) is 11.2. The zero-order valence-electron chi connectivity index (χ0n) is 13.2. The Morgan fingerprint density at radius 1 is 1.22 bits per heavy atom. The fourth-order valence-corrected chi connectivity index (χ4v) is 3.31. The van der Waals surface area contributed by atoms with Crippen molar-refractivity contribution in [2.75, 3.05) is 7.05 Å². The van der Waals surface area contributed by atoms with Crippen LogP contribution in [0.5, 0.6) is 0 Å². The standard InChI is InChI=1S/C19H19NO3/c1-20(11-16-6-3-7-22-16)19(21)10-15-12-23-18-9-14-5-2-4-13(14)8-17(15)18/h3,6-9,12H,2,4-5,10-11H2,1H3. The van der Waals surface area contributed by atoms with Crippen LogP contribution in [0.4, 0.5) is 0 Å². The van der Waals surface area contributed by atoms with Gasteiger partial charge in [-0.15, -0.1) is 0 Å². The molecule has 0 radical (unpaired) electrons. The number of carbonyl (C=O) groups is 1. The highest BCUT2D eigenvalue weighted by atomic mass is 16.3. The van der Waals surface area contributed by atoms with Gasteiger partial charge in [0.2, 0.25) is 5.91 Å². The van der Waals surface area contributed by atoms with E-state index in [0.29, 0.717) is 13.0 Å². The molecule has 1 amide bonds. The van der Waals surface area contributed by atoms with Crippen LogP contribution in [-0.4, -0.2) is 17.9 Å². The Kier molecular flexibility index (Phi) is 3.45. The summed E-state index contributed by atoms with van der Waals surface area (Å²) in [5, 5.41) is 1.07. The highest BCUT2D eigenvalue weighted by Crippen LogP contribution is 2.30. The van der Waals surface area contributed by atoms with E-state index in [4.69, 9.17) is 8.83 Å². The summed E-state index contributed by atoms with van der Waals surface area (Å²) < 4.78 is 11.0. The minimum absolute atomic E-state index is 0.0598. The number of hydrogen-bond donors (Lipinski definition) is 0. The monoisotopic (exact) mass is 309 g/mol. The van der Waals surface area contributed by atoms with Crippen LogP contribution in [0.1, 0.15) is 28.9 Å². The molecule has 0 spiro atoms. The third kappa shape index (κ3) is 2.65. The van der Waals surface area contributed by atoms with Gasteiger partial charge in [0.15, 0.2) is 0 Å². The maximum absolute atomic E-state index is 12.5. The van der Waals surface area contributed by atoms with Crippen LogP contribution in [0.3, 0.4) is 0 Å². The lowest BCUT2D eigenvalue weighted by molar-refractivity contribution is -0.129. The second-order valence-corrected chi connectivity index (χ2v) is 6.24. The van der Waals surface area contributed by atoms with Crippen LogP contribution < -0.4 is 0 Å². The van der Waals surface area contributed by atoms with Crippen molar-refractivity contribution in [3.05, 3.63) is 59.2 Å². The fraction of sp³-hybridized carbons (Fsp3) is 0.316. The number of hydrogen-bond acceptors (Lipinski definition) is 3. The summed E-state index contributed by atoms with van der Waals surface area (Å²) >= 11 is 0. The second kappa shape index (κ2) is 5.61. The molecule has 0 fully saturated rings. The zero-order chi connectivity index (χ0) is 15.8. The summed E-state index contributed by atoms with van der Waals surface area (Å²) in [6.45, 7) is 0.483. The van der Waals surface area contributed by atoms with Crippen LogP contribution >= 0.6 is 0 Å². The predicted octanol–water partition coefficient (Wildman–Crippen LogP) is 3.72. The minimum Gasteiger partial charge on any atom is -0.467 e. The number of rotatable bonds is 4. The summed E-state index contributed by atoms with van der Waals surface area (Å²) in [4.78, 5) is 14.1. The number of furan rings is 2. The topological polar surface area (TPSA) is 46.6 Å². The predicted molar refractivity (Wildman–Crippen MR) is 87.1 cm³/mol. The van der Waals surface area contributed by atoms with Crippen LogP contribution in [0.2, 0.25) is 0 Å². The van der Waals surface area contributed by atoms with Gasteiger partial charge in [-0.05, 0) is 54.7 Å². The molecule has 4 nitrogen and oxygen atoms in total. The molecule has 1 aromatic carbocycles. The molecule has 2 aromatic heterocycles. The summed E-state index contributed by atoms with van der Waals surface area (Å²) in [7, 11) is 1.80. The average molecular weight is 309 g/mol. The molecule has 1 aliphatic carbocycles. The molecule has 4 rings (SSSR count). The third-order valence-corrected chi connectivity index (χ3v) is 4.61. The van der Waals surface area contributed by atoms with Crippen molar-refractivity contribution in [2.24, 2.45) is 0 Å². The van der Waals surface area contributed by atoms with E-state index in [1.165, 1.54) is 17.5 Å². The third-order valence-electron chi connectivity index (χ3n) is 4.61. The summed E-state index contributed by atoms with van der Waals surface area (Å²) in [5.41, 5.74) is 4.64. The van der Waals surface area contributed by atoms with Crippen molar-refractivity contribution in [3.63, 3.8) is 0 Å². The maximum Gasteiger partial charge on any atom is 0.227 e. The summed E-state index contributed by atoms with van der Waals surface area (Å²) in [6.07, 6.45) is 7.16. The molecular weight excluding hydrogens is 290 g/mol. The highest BCUT2D eigenvalue weighted by Gasteiger charge is 2.18. The van der Waals surface area contributed by atoms with Gasteiger partial charge in [-0.3, -0.25) is 4.79 Å². The van der Waals surface area contributed by atoms with E-state index in [2.05, 4.69) is 12.1 Å². The summed E-state index contributed by atoms with van der Waals surface area (Å²) in [6, 6.07) is 8.05. The molecule has 3 aromatic rings. The Balaban J connectivity index is 1.54. The van der Waals surface area contributed by atoms with E-state index in [1.807, 2.05) is 12.1 Å². The second-order valence-electron chi connectivity index (χ2n) is 6.24. The van der Waals surface area contributed by atoms with Crippen LogP contribution in [0, 0.1) is 0 Å².